The fourth-order valence-electron chi connectivity index (χ4n) is 2.41. The van der Waals surface area contributed by atoms with Crippen LogP contribution in [-0.4, -0.2) is 22.4 Å². The molecule has 0 saturated heterocycles. The van der Waals surface area contributed by atoms with Gasteiger partial charge >= 0.3 is 0 Å². The summed E-state index contributed by atoms with van der Waals surface area (Å²) in [4.78, 5) is 30.9. The van der Waals surface area contributed by atoms with Gasteiger partial charge in [-0.3, -0.25) is 9.59 Å². The maximum absolute atomic E-state index is 12.1. The van der Waals surface area contributed by atoms with Gasteiger partial charge in [-0.25, -0.2) is 4.98 Å². The van der Waals surface area contributed by atoms with E-state index >= 15 is 0 Å². The zero-order valence-corrected chi connectivity index (χ0v) is 14.4. The summed E-state index contributed by atoms with van der Waals surface area (Å²) in [5.41, 5.74) is 7.17. The van der Waals surface area contributed by atoms with E-state index < -0.39 is 5.91 Å². The number of thiazole rings is 1. The lowest BCUT2D eigenvalue weighted by Gasteiger charge is -2.05. The van der Waals surface area contributed by atoms with E-state index in [9.17, 15) is 9.59 Å². The number of nitrogens with zero attached hydrogens (tertiary/aromatic N) is 1. The van der Waals surface area contributed by atoms with E-state index in [1.54, 1.807) is 19.1 Å². The van der Waals surface area contributed by atoms with E-state index in [2.05, 4.69) is 15.3 Å². The first-order chi connectivity index (χ1) is 11.4. The van der Waals surface area contributed by atoms with E-state index in [-0.39, 0.29) is 5.56 Å². The number of halogens is 1. The van der Waals surface area contributed by atoms with Crippen molar-refractivity contribution in [1.29, 1.82) is 0 Å². The van der Waals surface area contributed by atoms with Gasteiger partial charge in [0.15, 0.2) is 5.13 Å². The van der Waals surface area contributed by atoms with Crippen molar-refractivity contribution < 1.29 is 4.79 Å². The van der Waals surface area contributed by atoms with Crippen molar-refractivity contribution in [1.82, 2.24) is 9.97 Å². The van der Waals surface area contributed by atoms with E-state index in [0.717, 1.165) is 10.9 Å². The van der Waals surface area contributed by atoms with Crippen molar-refractivity contribution in [3.63, 3.8) is 0 Å². The molecule has 0 spiro atoms. The monoisotopic (exact) mass is 362 g/mol. The van der Waals surface area contributed by atoms with Gasteiger partial charge < -0.3 is 16.0 Å². The molecular weight excluding hydrogens is 348 g/mol. The van der Waals surface area contributed by atoms with Crippen LogP contribution in [0.1, 0.15) is 20.9 Å². The molecule has 0 aliphatic carbocycles. The molecule has 4 N–H and O–H groups in total. The molecule has 2 heterocycles. The van der Waals surface area contributed by atoms with Gasteiger partial charge in [0, 0.05) is 22.6 Å². The Labute approximate surface area is 146 Å². The van der Waals surface area contributed by atoms with Crippen LogP contribution in [0.3, 0.4) is 0 Å². The van der Waals surface area contributed by atoms with Gasteiger partial charge in [-0.05, 0) is 43.0 Å². The van der Waals surface area contributed by atoms with E-state index in [0.29, 0.717) is 39.3 Å². The number of benzene rings is 1. The number of amides is 1. The number of primary amides is 1. The number of aromatic nitrogens is 2. The summed E-state index contributed by atoms with van der Waals surface area (Å²) in [6.45, 7) is 2.25. The average molecular weight is 363 g/mol. The lowest BCUT2D eigenvalue weighted by Crippen LogP contribution is -2.16. The van der Waals surface area contributed by atoms with Crippen LogP contribution in [0.4, 0.5) is 5.13 Å². The summed E-state index contributed by atoms with van der Waals surface area (Å²) >= 11 is 7.20. The third-order valence-electron chi connectivity index (χ3n) is 3.57. The molecule has 0 aliphatic rings. The van der Waals surface area contributed by atoms with Crippen molar-refractivity contribution in [2.24, 2.45) is 5.73 Å². The van der Waals surface area contributed by atoms with E-state index in [4.69, 9.17) is 17.3 Å². The molecule has 3 aromatic rings. The number of carbonyl (C=O) groups is 1. The number of anilines is 1. The van der Waals surface area contributed by atoms with Crippen LogP contribution >= 0.6 is 22.9 Å². The number of hydrogen-bond donors (Lipinski definition) is 3. The molecule has 1 aromatic carbocycles. The summed E-state index contributed by atoms with van der Waals surface area (Å²) in [5.74, 6) is -0.485. The lowest BCUT2D eigenvalue weighted by molar-refractivity contribution is 0.100. The number of fused-ring (bicyclic) bond motifs is 1. The van der Waals surface area contributed by atoms with Crippen molar-refractivity contribution in [2.45, 2.75) is 13.3 Å². The van der Waals surface area contributed by atoms with Crippen LogP contribution in [0.2, 0.25) is 5.02 Å². The summed E-state index contributed by atoms with van der Waals surface area (Å²) in [7, 11) is 0. The number of aromatic amines is 1. The largest absolute Gasteiger partial charge is 0.365 e. The normalized spacial score (nSPS) is 10.9. The van der Waals surface area contributed by atoms with Gasteiger partial charge in [-0.1, -0.05) is 22.9 Å². The average Bonchev–Trinajstić information content (AvgIpc) is 2.89. The number of H-pyrrole nitrogens is 1. The molecule has 0 atom stereocenters. The zero-order valence-electron chi connectivity index (χ0n) is 12.9. The summed E-state index contributed by atoms with van der Waals surface area (Å²) in [5, 5.41) is 5.24. The second-order valence-electron chi connectivity index (χ2n) is 5.33. The van der Waals surface area contributed by atoms with Crippen molar-refractivity contribution in [3.8, 4) is 0 Å². The van der Waals surface area contributed by atoms with Gasteiger partial charge in [0.05, 0.1) is 5.69 Å². The van der Waals surface area contributed by atoms with Gasteiger partial charge in [-0.2, -0.15) is 0 Å². The minimum Gasteiger partial charge on any atom is -0.365 e. The SMILES string of the molecule is Cc1nc(NCCc2cc3cc(Cl)ccc3[nH]c2=O)sc1C(N)=O. The highest BCUT2D eigenvalue weighted by molar-refractivity contribution is 7.17. The topological polar surface area (TPSA) is 101 Å². The number of hydrogen-bond acceptors (Lipinski definition) is 5. The second-order valence-corrected chi connectivity index (χ2v) is 6.77. The summed E-state index contributed by atoms with van der Waals surface area (Å²) in [6.07, 6.45) is 0.516. The van der Waals surface area contributed by atoms with Crippen LogP contribution in [0.5, 0.6) is 0 Å². The Morgan fingerprint density at radius 1 is 1.42 bits per heavy atom. The molecule has 8 heteroatoms. The van der Waals surface area contributed by atoms with Gasteiger partial charge in [0.1, 0.15) is 4.88 Å². The molecule has 0 saturated carbocycles. The third-order valence-corrected chi connectivity index (χ3v) is 4.94. The first-order valence-corrected chi connectivity index (χ1v) is 8.46. The second kappa shape index (κ2) is 6.62. The summed E-state index contributed by atoms with van der Waals surface area (Å²) < 4.78 is 0. The third kappa shape index (κ3) is 3.42. The van der Waals surface area contributed by atoms with Gasteiger partial charge in [0.2, 0.25) is 0 Å². The molecular formula is C16H15ClN4O2S. The number of pyridine rings is 1. The smallest absolute Gasteiger partial charge is 0.260 e. The molecule has 1 amide bonds. The fraction of sp³-hybridized carbons (Fsp3) is 0.188. The van der Waals surface area contributed by atoms with Gasteiger partial charge in [-0.15, -0.1) is 0 Å². The lowest BCUT2D eigenvalue weighted by atomic mass is 10.1. The molecule has 24 heavy (non-hydrogen) atoms. The van der Waals surface area contributed by atoms with Crippen LogP contribution in [0.25, 0.3) is 10.9 Å². The predicted octanol–water partition coefficient (Wildman–Crippen LogP) is 2.70. The summed E-state index contributed by atoms with van der Waals surface area (Å²) in [6, 6.07) is 7.17. The Kier molecular flexibility index (Phi) is 4.55. The van der Waals surface area contributed by atoms with Crippen LogP contribution in [-0.2, 0) is 6.42 Å². The number of aryl methyl sites for hydroxylation is 1. The zero-order chi connectivity index (χ0) is 17.3. The number of nitrogens with two attached hydrogens (primary N) is 1. The quantitative estimate of drug-likeness (QED) is 0.649. The molecule has 0 bridgehead atoms. The van der Waals surface area contributed by atoms with Crippen molar-refractivity contribution in [2.75, 3.05) is 11.9 Å². The Bertz CT molecular complexity index is 980. The molecule has 124 valence electrons. The Morgan fingerprint density at radius 2 is 2.21 bits per heavy atom. The Morgan fingerprint density at radius 3 is 2.92 bits per heavy atom. The molecule has 6 nitrogen and oxygen atoms in total. The minimum atomic E-state index is -0.485. The highest BCUT2D eigenvalue weighted by atomic mass is 35.5. The number of carbonyl (C=O) groups excluding carboxylic acids is 1. The highest BCUT2D eigenvalue weighted by Gasteiger charge is 2.12. The number of nitrogens with one attached hydrogen (secondary N) is 2. The highest BCUT2D eigenvalue weighted by Crippen LogP contribution is 2.22. The minimum absolute atomic E-state index is 0.125. The van der Waals surface area contributed by atoms with Crippen molar-refractivity contribution >= 4 is 44.9 Å². The van der Waals surface area contributed by atoms with Crippen LogP contribution in [0, 0.1) is 6.92 Å². The first kappa shape index (κ1) is 16.5. The molecule has 0 aliphatic heterocycles. The molecule has 2 aromatic heterocycles. The predicted molar refractivity (Wildman–Crippen MR) is 97.1 cm³/mol. The fourth-order valence-corrected chi connectivity index (χ4v) is 3.44. The first-order valence-electron chi connectivity index (χ1n) is 7.26. The van der Waals surface area contributed by atoms with Gasteiger partial charge in [0.25, 0.3) is 11.5 Å². The maximum Gasteiger partial charge on any atom is 0.260 e. The Balaban J connectivity index is 1.74. The molecule has 3 rings (SSSR count). The molecule has 0 fully saturated rings. The van der Waals surface area contributed by atoms with E-state index in [1.807, 2.05) is 12.1 Å². The van der Waals surface area contributed by atoms with Crippen LogP contribution in [0.15, 0.2) is 29.1 Å². The van der Waals surface area contributed by atoms with Crippen molar-refractivity contribution in [3.05, 3.63) is 55.8 Å². The standard InChI is InChI=1S/C16H15ClN4O2S/c1-8-13(14(18)22)24-16(20-8)19-5-4-9-6-10-7-11(17)2-3-12(10)21-15(9)23/h2-3,6-7H,4-5H2,1H3,(H2,18,22)(H,19,20)(H,21,23). The van der Waals surface area contributed by atoms with E-state index in [1.165, 1.54) is 11.3 Å². The molecule has 0 unspecified atom stereocenters. The maximum atomic E-state index is 12.1. The molecule has 0 radical (unpaired) electrons. The number of rotatable bonds is 5. The van der Waals surface area contributed by atoms with Crippen LogP contribution < -0.4 is 16.6 Å². The Hall–Kier alpha value is -2.38.